The highest BCUT2D eigenvalue weighted by Gasteiger charge is 2.20. The van der Waals surface area contributed by atoms with Gasteiger partial charge in [0.2, 0.25) is 5.91 Å². The zero-order chi connectivity index (χ0) is 29.9. The minimum absolute atomic E-state index is 0.0281. The Bertz CT molecular complexity index is 1580. The zero-order valence-corrected chi connectivity index (χ0v) is 24.7. The van der Waals surface area contributed by atoms with E-state index in [1.54, 1.807) is 104 Å². The van der Waals surface area contributed by atoms with E-state index in [2.05, 4.69) is 16.0 Å². The summed E-state index contributed by atoms with van der Waals surface area (Å²) in [5.41, 5.74) is 2.20. The first-order chi connectivity index (χ1) is 20.4. The van der Waals surface area contributed by atoms with Crippen LogP contribution in [-0.2, 0) is 9.59 Å². The average molecular weight is 600 g/mol. The Kier molecular flexibility index (Phi) is 10.8. The third kappa shape index (κ3) is 8.49. The van der Waals surface area contributed by atoms with E-state index >= 15 is 0 Å². The Morgan fingerprint density at radius 3 is 2.26 bits per heavy atom. The highest BCUT2D eigenvalue weighted by Crippen LogP contribution is 2.29. The van der Waals surface area contributed by atoms with Gasteiger partial charge in [-0.1, -0.05) is 61.0 Å². The van der Waals surface area contributed by atoms with Crippen molar-refractivity contribution in [1.82, 2.24) is 5.32 Å². The minimum Gasteiger partial charge on any atom is -0.497 e. The molecule has 0 spiro atoms. The van der Waals surface area contributed by atoms with E-state index in [4.69, 9.17) is 16.3 Å². The lowest BCUT2D eigenvalue weighted by atomic mass is 10.1. The highest BCUT2D eigenvalue weighted by molar-refractivity contribution is 8.00. The van der Waals surface area contributed by atoms with E-state index in [-0.39, 0.29) is 16.9 Å². The molecule has 4 aromatic carbocycles. The Morgan fingerprint density at radius 1 is 0.857 bits per heavy atom. The van der Waals surface area contributed by atoms with Crippen LogP contribution in [0.25, 0.3) is 6.08 Å². The summed E-state index contributed by atoms with van der Waals surface area (Å²) in [7, 11) is 1.59. The number of benzene rings is 4. The number of nitrogens with one attached hydrogen (secondary N) is 3. The predicted octanol–water partition coefficient (Wildman–Crippen LogP) is 7.27. The van der Waals surface area contributed by atoms with Crippen LogP contribution in [-0.4, -0.2) is 30.1 Å². The molecule has 4 aromatic rings. The van der Waals surface area contributed by atoms with Gasteiger partial charge in [0.05, 0.1) is 12.4 Å². The number of carbonyl (C=O) groups excluding carboxylic acids is 3. The molecule has 4 rings (SSSR count). The van der Waals surface area contributed by atoms with Crippen LogP contribution in [0.1, 0.15) is 29.3 Å². The van der Waals surface area contributed by atoms with Gasteiger partial charge in [-0.05, 0) is 78.7 Å². The average Bonchev–Trinajstić information content (AvgIpc) is 3.01. The van der Waals surface area contributed by atoms with Crippen LogP contribution in [0.3, 0.4) is 0 Å². The summed E-state index contributed by atoms with van der Waals surface area (Å²) in [6.07, 6.45) is 2.13. The lowest BCUT2D eigenvalue weighted by molar-refractivity contribution is -0.116. The molecule has 7 nitrogen and oxygen atoms in total. The van der Waals surface area contributed by atoms with Crippen molar-refractivity contribution >= 4 is 58.5 Å². The molecule has 0 bridgehead atoms. The predicted molar refractivity (Wildman–Crippen MR) is 170 cm³/mol. The summed E-state index contributed by atoms with van der Waals surface area (Å²) in [5.74, 6) is -0.374. The van der Waals surface area contributed by atoms with Crippen molar-refractivity contribution in [2.45, 2.75) is 23.5 Å². The standard InChI is InChI=1S/C33H30ClN3O4S/c1-3-30(33(40)35-24-16-18-26(41-2)19-17-24)42-27-14-9-13-25(21-27)36-32(39)29(20-23-12-7-8-15-28(23)34)37-31(38)22-10-5-4-6-11-22/h4-21,30H,3H2,1-2H3,(H,35,40)(H,36,39)(H,37,38)/b29-20+. The number of ether oxygens (including phenoxy) is 1. The van der Waals surface area contributed by atoms with E-state index in [1.807, 2.05) is 13.0 Å². The Balaban J connectivity index is 1.49. The van der Waals surface area contributed by atoms with Gasteiger partial charge in [0.1, 0.15) is 11.4 Å². The van der Waals surface area contributed by atoms with E-state index < -0.39 is 11.8 Å². The van der Waals surface area contributed by atoms with Gasteiger partial charge in [0.25, 0.3) is 11.8 Å². The smallest absolute Gasteiger partial charge is 0.272 e. The van der Waals surface area contributed by atoms with Crippen molar-refractivity contribution in [3.05, 3.63) is 125 Å². The van der Waals surface area contributed by atoms with E-state index in [1.165, 1.54) is 17.8 Å². The molecular formula is C33H30ClN3O4S. The van der Waals surface area contributed by atoms with Crippen LogP contribution in [0.5, 0.6) is 5.75 Å². The Hall–Kier alpha value is -4.53. The van der Waals surface area contributed by atoms with Crippen molar-refractivity contribution in [3.8, 4) is 5.75 Å². The SMILES string of the molecule is CCC(Sc1cccc(NC(=O)/C(=C\c2ccccc2Cl)NC(=O)c2ccccc2)c1)C(=O)Nc1ccc(OC)cc1. The van der Waals surface area contributed by atoms with E-state index in [0.717, 1.165) is 4.90 Å². The third-order valence-electron chi connectivity index (χ3n) is 6.12. The molecule has 9 heteroatoms. The summed E-state index contributed by atoms with van der Waals surface area (Å²) in [6.45, 7) is 1.94. The van der Waals surface area contributed by atoms with Gasteiger partial charge < -0.3 is 20.7 Å². The first-order valence-corrected chi connectivity index (χ1v) is 14.5. The molecule has 1 atom stereocenters. The largest absolute Gasteiger partial charge is 0.497 e. The normalized spacial score (nSPS) is 11.7. The number of methoxy groups -OCH3 is 1. The Morgan fingerprint density at radius 2 is 1.57 bits per heavy atom. The summed E-state index contributed by atoms with van der Waals surface area (Å²) < 4.78 is 5.17. The van der Waals surface area contributed by atoms with Gasteiger partial charge in [-0.2, -0.15) is 0 Å². The van der Waals surface area contributed by atoms with Crippen LogP contribution < -0.4 is 20.7 Å². The molecule has 42 heavy (non-hydrogen) atoms. The molecule has 0 aliphatic heterocycles. The van der Waals surface area contributed by atoms with E-state index in [0.29, 0.717) is 39.7 Å². The highest BCUT2D eigenvalue weighted by atomic mass is 35.5. The third-order valence-corrected chi connectivity index (χ3v) is 7.83. The van der Waals surface area contributed by atoms with Crippen molar-refractivity contribution in [2.75, 3.05) is 17.7 Å². The Labute approximate surface area is 254 Å². The summed E-state index contributed by atoms with van der Waals surface area (Å²) in [6, 6.07) is 30.0. The van der Waals surface area contributed by atoms with Gasteiger partial charge in [0, 0.05) is 26.9 Å². The van der Waals surface area contributed by atoms with Gasteiger partial charge in [-0.3, -0.25) is 14.4 Å². The number of thioether (sulfide) groups is 1. The summed E-state index contributed by atoms with van der Waals surface area (Å²) >= 11 is 7.73. The first-order valence-electron chi connectivity index (χ1n) is 13.2. The summed E-state index contributed by atoms with van der Waals surface area (Å²) in [4.78, 5) is 40.1. The monoisotopic (exact) mass is 599 g/mol. The molecule has 0 aromatic heterocycles. The van der Waals surface area contributed by atoms with Crippen LogP contribution in [0.15, 0.2) is 114 Å². The lowest BCUT2D eigenvalue weighted by Gasteiger charge is -2.16. The summed E-state index contributed by atoms with van der Waals surface area (Å²) in [5, 5.41) is 8.59. The first kappa shape index (κ1) is 30.4. The maximum Gasteiger partial charge on any atom is 0.272 e. The molecule has 0 saturated heterocycles. The van der Waals surface area contributed by atoms with Gasteiger partial charge >= 0.3 is 0 Å². The molecule has 3 amide bonds. The maximum atomic E-state index is 13.4. The molecule has 0 radical (unpaired) electrons. The molecular weight excluding hydrogens is 570 g/mol. The van der Waals surface area contributed by atoms with Crippen molar-refractivity contribution in [1.29, 1.82) is 0 Å². The zero-order valence-electron chi connectivity index (χ0n) is 23.1. The van der Waals surface area contributed by atoms with Gasteiger partial charge in [0.15, 0.2) is 0 Å². The number of halogens is 1. The molecule has 1 unspecified atom stereocenters. The number of carbonyl (C=O) groups is 3. The second-order valence-electron chi connectivity index (χ2n) is 9.11. The minimum atomic E-state index is -0.523. The molecule has 3 N–H and O–H groups in total. The fraction of sp³-hybridized carbons (Fsp3) is 0.121. The maximum absolute atomic E-state index is 13.4. The van der Waals surface area contributed by atoms with Gasteiger partial charge in [-0.25, -0.2) is 0 Å². The molecule has 0 fully saturated rings. The van der Waals surface area contributed by atoms with Crippen molar-refractivity contribution in [2.24, 2.45) is 0 Å². The second-order valence-corrected chi connectivity index (χ2v) is 10.8. The van der Waals surface area contributed by atoms with Crippen molar-refractivity contribution in [3.63, 3.8) is 0 Å². The number of hydrogen-bond acceptors (Lipinski definition) is 5. The van der Waals surface area contributed by atoms with Crippen LogP contribution in [0, 0.1) is 0 Å². The molecule has 214 valence electrons. The quantitative estimate of drug-likeness (QED) is 0.124. The number of anilines is 2. The van der Waals surface area contributed by atoms with Crippen molar-refractivity contribution < 1.29 is 19.1 Å². The molecule has 0 heterocycles. The topological polar surface area (TPSA) is 96.5 Å². The number of rotatable bonds is 11. The van der Waals surface area contributed by atoms with Gasteiger partial charge in [-0.15, -0.1) is 11.8 Å². The van der Waals surface area contributed by atoms with Crippen LogP contribution in [0.2, 0.25) is 5.02 Å². The number of amides is 3. The number of hydrogen-bond donors (Lipinski definition) is 3. The second kappa shape index (κ2) is 14.9. The van der Waals surface area contributed by atoms with Crippen LogP contribution >= 0.6 is 23.4 Å². The van der Waals surface area contributed by atoms with E-state index in [9.17, 15) is 14.4 Å². The molecule has 0 saturated carbocycles. The molecule has 0 aliphatic rings. The fourth-order valence-electron chi connectivity index (χ4n) is 3.92. The van der Waals surface area contributed by atoms with Crippen LogP contribution in [0.4, 0.5) is 11.4 Å². The lowest BCUT2D eigenvalue weighted by Crippen LogP contribution is -2.30. The molecule has 0 aliphatic carbocycles. The fourth-order valence-corrected chi connectivity index (χ4v) is 5.12.